The van der Waals surface area contributed by atoms with Gasteiger partial charge < -0.3 is 4.74 Å². The molecular weight excluding hydrogens is 228 g/mol. The average molecular weight is 252 g/mol. The molecule has 18 heavy (non-hydrogen) atoms. The maximum Gasteiger partial charge on any atom is 0.303 e. The highest BCUT2D eigenvalue weighted by atomic mass is 16.6. The van der Waals surface area contributed by atoms with Crippen molar-refractivity contribution in [1.82, 2.24) is 0 Å². The maximum absolute atomic E-state index is 11.8. The molecule has 0 aromatic rings. The molecule has 2 unspecified atom stereocenters. The van der Waals surface area contributed by atoms with Gasteiger partial charge in [0.2, 0.25) is 0 Å². The van der Waals surface area contributed by atoms with Crippen LogP contribution in [0.15, 0.2) is 12.2 Å². The van der Waals surface area contributed by atoms with E-state index >= 15 is 0 Å². The van der Waals surface area contributed by atoms with Crippen molar-refractivity contribution in [3.8, 4) is 0 Å². The van der Waals surface area contributed by atoms with E-state index in [1.807, 2.05) is 6.92 Å². The van der Waals surface area contributed by atoms with E-state index in [9.17, 15) is 9.59 Å². The van der Waals surface area contributed by atoms with Crippen molar-refractivity contribution in [2.24, 2.45) is 5.92 Å². The van der Waals surface area contributed by atoms with Crippen molar-refractivity contribution in [2.45, 2.75) is 64.9 Å². The fourth-order valence-corrected chi connectivity index (χ4v) is 2.56. The monoisotopic (exact) mass is 252 g/mol. The number of hydrogen-bond acceptors (Lipinski definition) is 3. The van der Waals surface area contributed by atoms with Gasteiger partial charge in [0, 0.05) is 6.92 Å². The van der Waals surface area contributed by atoms with Crippen LogP contribution >= 0.6 is 0 Å². The third-order valence-electron chi connectivity index (χ3n) is 3.57. The average Bonchev–Trinajstić information content (AvgIpc) is 2.55. The second-order valence-electron chi connectivity index (χ2n) is 5.27. The fraction of sp³-hybridized carbons (Fsp3) is 0.733. The van der Waals surface area contributed by atoms with Crippen LogP contribution in [-0.2, 0) is 14.3 Å². The Balaban J connectivity index is 2.46. The molecule has 0 fully saturated rings. The second kappa shape index (κ2) is 6.72. The SMILES string of the molecule is CCCCCCCC1C(=O)C=CC1(C)OC(C)=O. The zero-order valence-electron chi connectivity index (χ0n) is 11.7. The number of carbonyl (C=O) groups is 2. The van der Waals surface area contributed by atoms with Crippen molar-refractivity contribution in [2.75, 3.05) is 0 Å². The molecule has 3 nitrogen and oxygen atoms in total. The Morgan fingerprint density at radius 1 is 1.33 bits per heavy atom. The third-order valence-corrected chi connectivity index (χ3v) is 3.57. The van der Waals surface area contributed by atoms with Crippen molar-refractivity contribution in [1.29, 1.82) is 0 Å². The molecule has 0 aliphatic heterocycles. The van der Waals surface area contributed by atoms with Crippen LogP contribution in [0, 0.1) is 5.92 Å². The number of esters is 1. The summed E-state index contributed by atoms with van der Waals surface area (Å²) in [4.78, 5) is 22.9. The lowest BCUT2D eigenvalue weighted by molar-refractivity contribution is -0.156. The summed E-state index contributed by atoms with van der Waals surface area (Å²) in [5, 5.41) is 0. The minimum absolute atomic E-state index is 0.0919. The van der Waals surface area contributed by atoms with E-state index in [1.54, 1.807) is 12.2 Å². The molecule has 0 radical (unpaired) electrons. The smallest absolute Gasteiger partial charge is 0.303 e. The molecule has 0 heterocycles. The van der Waals surface area contributed by atoms with Gasteiger partial charge in [-0.1, -0.05) is 39.0 Å². The second-order valence-corrected chi connectivity index (χ2v) is 5.27. The molecule has 1 rings (SSSR count). The molecule has 0 spiro atoms. The molecule has 1 aliphatic rings. The highest BCUT2D eigenvalue weighted by molar-refractivity contribution is 5.96. The number of rotatable bonds is 7. The summed E-state index contributed by atoms with van der Waals surface area (Å²) in [6, 6.07) is 0. The molecule has 0 N–H and O–H groups in total. The number of ketones is 1. The lowest BCUT2D eigenvalue weighted by Gasteiger charge is -2.29. The number of allylic oxidation sites excluding steroid dienone is 1. The lowest BCUT2D eigenvalue weighted by Crippen LogP contribution is -2.37. The Hall–Kier alpha value is -1.12. The van der Waals surface area contributed by atoms with Gasteiger partial charge in [-0.2, -0.15) is 0 Å². The zero-order chi connectivity index (χ0) is 13.6. The van der Waals surface area contributed by atoms with Crippen LogP contribution in [0.2, 0.25) is 0 Å². The van der Waals surface area contributed by atoms with Crippen LogP contribution in [0.25, 0.3) is 0 Å². The van der Waals surface area contributed by atoms with E-state index in [0.29, 0.717) is 0 Å². The number of unbranched alkanes of at least 4 members (excludes halogenated alkanes) is 4. The van der Waals surface area contributed by atoms with Crippen LogP contribution in [-0.4, -0.2) is 17.4 Å². The lowest BCUT2D eigenvalue weighted by atomic mass is 9.86. The normalized spacial score (nSPS) is 26.6. The molecule has 0 aromatic heterocycles. The van der Waals surface area contributed by atoms with Crippen molar-refractivity contribution < 1.29 is 14.3 Å². The Labute approximate surface area is 110 Å². The standard InChI is InChI=1S/C15H24O3/c1-4-5-6-7-8-9-13-14(17)10-11-15(13,3)18-12(2)16/h10-11,13H,4-9H2,1-3H3. The fourth-order valence-electron chi connectivity index (χ4n) is 2.56. The number of ether oxygens (including phenoxy) is 1. The van der Waals surface area contributed by atoms with Crippen molar-refractivity contribution in [3.63, 3.8) is 0 Å². The van der Waals surface area contributed by atoms with Gasteiger partial charge in [-0.05, 0) is 25.5 Å². The van der Waals surface area contributed by atoms with Crippen LogP contribution in [0.4, 0.5) is 0 Å². The molecule has 1 aliphatic carbocycles. The van der Waals surface area contributed by atoms with E-state index in [1.165, 1.54) is 26.2 Å². The predicted molar refractivity (Wildman–Crippen MR) is 71.2 cm³/mol. The zero-order valence-corrected chi connectivity index (χ0v) is 11.7. The Bertz CT molecular complexity index is 333. The first-order valence-electron chi connectivity index (χ1n) is 6.92. The predicted octanol–water partition coefficient (Wildman–Crippen LogP) is 3.42. The van der Waals surface area contributed by atoms with Crippen LogP contribution < -0.4 is 0 Å². The molecular formula is C15H24O3. The molecule has 2 atom stereocenters. The Morgan fingerprint density at radius 3 is 2.61 bits per heavy atom. The minimum atomic E-state index is -0.728. The van der Waals surface area contributed by atoms with E-state index in [4.69, 9.17) is 4.74 Å². The summed E-state index contributed by atoms with van der Waals surface area (Å²) in [7, 11) is 0. The van der Waals surface area contributed by atoms with Gasteiger partial charge in [-0.25, -0.2) is 0 Å². The first kappa shape index (κ1) is 14.9. The van der Waals surface area contributed by atoms with Crippen molar-refractivity contribution in [3.05, 3.63) is 12.2 Å². The first-order chi connectivity index (χ1) is 8.49. The molecule has 0 amide bonds. The van der Waals surface area contributed by atoms with Gasteiger partial charge in [-0.3, -0.25) is 9.59 Å². The van der Waals surface area contributed by atoms with E-state index < -0.39 is 5.60 Å². The quantitative estimate of drug-likeness (QED) is 0.515. The van der Waals surface area contributed by atoms with Crippen LogP contribution in [0.3, 0.4) is 0 Å². The molecule has 0 saturated carbocycles. The Morgan fingerprint density at radius 2 is 2.00 bits per heavy atom. The van der Waals surface area contributed by atoms with E-state index in [0.717, 1.165) is 19.3 Å². The number of hydrogen-bond donors (Lipinski definition) is 0. The van der Waals surface area contributed by atoms with E-state index in [2.05, 4.69) is 6.92 Å². The van der Waals surface area contributed by atoms with Gasteiger partial charge in [0.25, 0.3) is 0 Å². The van der Waals surface area contributed by atoms with Gasteiger partial charge in [0.1, 0.15) is 5.60 Å². The maximum atomic E-state index is 11.8. The molecule has 3 heteroatoms. The Kier molecular flexibility index (Phi) is 5.57. The van der Waals surface area contributed by atoms with Crippen LogP contribution in [0.1, 0.15) is 59.3 Å². The molecule has 0 aromatic carbocycles. The summed E-state index contributed by atoms with van der Waals surface area (Å²) >= 11 is 0. The summed E-state index contributed by atoms with van der Waals surface area (Å²) < 4.78 is 5.31. The number of carbonyl (C=O) groups excluding carboxylic acids is 2. The topological polar surface area (TPSA) is 43.4 Å². The van der Waals surface area contributed by atoms with Gasteiger partial charge in [0.15, 0.2) is 5.78 Å². The summed E-state index contributed by atoms with van der Waals surface area (Å²) in [5.74, 6) is -0.426. The summed E-state index contributed by atoms with van der Waals surface area (Å²) in [5.41, 5.74) is -0.728. The highest BCUT2D eigenvalue weighted by Crippen LogP contribution is 2.34. The molecule has 0 saturated heterocycles. The van der Waals surface area contributed by atoms with Crippen LogP contribution in [0.5, 0.6) is 0 Å². The highest BCUT2D eigenvalue weighted by Gasteiger charge is 2.42. The van der Waals surface area contributed by atoms with Gasteiger partial charge in [0.05, 0.1) is 5.92 Å². The third kappa shape index (κ3) is 3.97. The van der Waals surface area contributed by atoms with Gasteiger partial charge >= 0.3 is 5.97 Å². The molecule has 0 bridgehead atoms. The molecule has 102 valence electrons. The van der Waals surface area contributed by atoms with Gasteiger partial charge in [-0.15, -0.1) is 0 Å². The summed E-state index contributed by atoms with van der Waals surface area (Å²) in [6.07, 6.45) is 9.94. The largest absolute Gasteiger partial charge is 0.455 e. The van der Waals surface area contributed by atoms with Crippen molar-refractivity contribution >= 4 is 11.8 Å². The van der Waals surface area contributed by atoms with E-state index in [-0.39, 0.29) is 17.7 Å². The summed E-state index contributed by atoms with van der Waals surface area (Å²) in [6.45, 7) is 5.40. The first-order valence-corrected chi connectivity index (χ1v) is 6.92. The minimum Gasteiger partial charge on any atom is -0.455 e.